The summed E-state index contributed by atoms with van der Waals surface area (Å²) in [6, 6.07) is 15.2. The normalized spacial score (nSPS) is 11.0. The minimum atomic E-state index is -0.124. The van der Waals surface area contributed by atoms with E-state index in [1.54, 1.807) is 16.9 Å². The van der Waals surface area contributed by atoms with Crippen LogP contribution < -0.4 is 5.56 Å². The van der Waals surface area contributed by atoms with Gasteiger partial charge < -0.3 is 4.98 Å². The van der Waals surface area contributed by atoms with Crippen LogP contribution in [-0.4, -0.2) is 19.7 Å². The second-order valence-electron chi connectivity index (χ2n) is 5.38. The van der Waals surface area contributed by atoms with Crippen molar-refractivity contribution in [3.05, 3.63) is 76.8 Å². The van der Waals surface area contributed by atoms with Crippen LogP contribution in [0.5, 0.6) is 0 Å². The van der Waals surface area contributed by atoms with E-state index in [2.05, 4.69) is 15.1 Å². The summed E-state index contributed by atoms with van der Waals surface area (Å²) in [5.41, 5.74) is 3.47. The van der Waals surface area contributed by atoms with Gasteiger partial charge in [0.1, 0.15) is 5.82 Å². The van der Waals surface area contributed by atoms with E-state index in [-0.39, 0.29) is 5.56 Å². The van der Waals surface area contributed by atoms with E-state index in [9.17, 15) is 4.79 Å². The number of rotatable bonds is 2. The fraction of sp³-hybridized carbons (Fsp3) is 0.0556. The van der Waals surface area contributed by atoms with E-state index in [1.165, 1.54) is 0 Å². The lowest BCUT2D eigenvalue weighted by atomic mass is 10.1. The highest BCUT2D eigenvalue weighted by molar-refractivity contribution is 5.79. The van der Waals surface area contributed by atoms with Crippen LogP contribution in [0.2, 0.25) is 0 Å². The zero-order chi connectivity index (χ0) is 15.8. The van der Waals surface area contributed by atoms with Gasteiger partial charge in [0.25, 0.3) is 5.56 Å². The van der Waals surface area contributed by atoms with Gasteiger partial charge in [-0.1, -0.05) is 12.1 Å². The Balaban J connectivity index is 1.86. The second kappa shape index (κ2) is 5.21. The Kier molecular flexibility index (Phi) is 3.05. The lowest BCUT2D eigenvalue weighted by molar-refractivity contribution is 0.879. The predicted octanol–water partition coefficient (Wildman–Crippen LogP) is 3.08. The fourth-order valence-electron chi connectivity index (χ4n) is 2.69. The van der Waals surface area contributed by atoms with Gasteiger partial charge in [-0.2, -0.15) is 5.10 Å². The molecule has 4 aromatic rings. The molecule has 0 unspecified atom stereocenters. The molecular formula is C18H14N4O. The van der Waals surface area contributed by atoms with E-state index in [0.717, 1.165) is 16.8 Å². The summed E-state index contributed by atoms with van der Waals surface area (Å²) in [6.45, 7) is 2.00. The molecule has 0 saturated carbocycles. The molecule has 0 atom stereocenters. The summed E-state index contributed by atoms with van der Waals surface area (Å²) in [5.74, 6) is 0.582. The Labute approximate surface area is 132 Å². The number of hydrogen-bond acceptors (Lipinski definition) is 3. The van der Waals surface area contributed by atoms with Crippen LogP contribution >= 0.6 is 0 Å². The number of hydrogen-bond donors (Lipinski definition) is 1. The average Bonchev–Trinajstić information content (AvgIpc) is 3.09. The molecule has 2 heterocycles. The van der Waals surface area contributed by atoms with Crippen molar-refractivity contribution in [2.75, 3.05) is 0 Å². The van der Waals surface area contributed by atoms with Gasteiger partial charge in [0.15, 0.2) is 0 Å². The summed E-state index contributed by atoms with van der Waals surface area (Å²) in [7, 11) is 0. The quantitative estimate of drug-likeness (QED) is 0.619. The smallest absolute Gasteiger partial charge is 0.259 e. The van der Waals surface area contributed by atoms with Crippen LogP contribution in [0.4, 0.5) is 0 Å². The molecule has 0 spiro atoms. The van der Waals surface area contributed by atoms with Crippen LogP contribution in [0.25, 0.3) is 28.0 Å². The maximum Gasteiger partial charge on any atom is 0.259 e. The maximum absolute atomic E-state index is 12.2. The summed E-state index contributed by atoms with van der Waals surface area (Å²) < 4.78 is 1.80. The van der Waals surface area contributed by atoms with Gasteiger partial charge in [-0.15, -0.1) is 0 Å². The number of aryl methyl sites for hydroxylation is 1. The number of aromatic amines is 1. The molecule has 0 amide bonds. The molecule has 23 heavy (non-hydrogen) atoms. The van der Waals surface area contributed by atoms with E-state index in [4.69, 9.17) is 0 Å². The molecule has 5 heteroatoms. The molecule has 0 fully saturated rings. The fourth-order valence-corrected chi connectivity index (χ4v) is 2.69. The van der Waals surface area contributed by atoms with Crippen molar-refractivity contribution in [3.63, 3.8) is 0 Å². The SMILES string of the molecule is Cc1cc(-n2cccn2)ccc1-c1nc2ccccc2c(=O)[nH]1. The molecule has 0 radical (unpaired) electrons. The molecular weight excluding hydrogens is 288 g/mol. The summed E-state index contributed by atoms with van der Waals surface area (Å²) in [5, 5.41) is 4.83. The molecule has 0 aliphatic rings. The van der Waals surface area contributed by atoms with Crippen LogP contribution in [0, 0.1) is 6.92 Å². The first kappa shape index (κ1) is 13.5. The van der Waals surface area contributed by atoms with Crippen molar-refractivity contribution in [3.8, 4) is 17.1 Å². The standard InChI is InChI=1S/C18H14N4O/c1-12-11-13(22-10-4-9-19-22)7-8-14(12)17-20-16-6-3-2-5-15(16)18(23)21-17/h2-11H,1H3,(H,20,21,23). The van der Waals surface area contributed by atoms with Gasteiger partial charge in [-0.05, 0) is 48.9 Å². The Morgan fingerprint density at radius 3 is 2.74 bits per heavy atom. The number of benzene rings is 2. The van der Waals surface area contributed by atoms with Crippen molar-refractivity contribution >= 4 is 10.9 Å². The molecule has 112 valence electrons. The van der Waals surface area contributed by atoms with Crippen LogP contribution in [0.3, 0.4) is 0 Å². The highest BCUT2D eigenvalue weighted by atomic mass is 16.1. The zero-order valence-electron chi connectivity index (χ0n) is 12.5. The van der Waals surface area contributed by atoms with Crippen LogP contribution in [0.15, 0.2) is 65.7 Å². The monoisotopic (exact) mass is 302 g/mol. The minimum Gasteiger partial charge on any atom is -0.306 e. The highest BCUT2D eigenvalue weighted by Crippen LogP contribution is 2.23. The second-order valence-corrected chi connectivity index (χ2v) is 5.38. The van der Waals surface area contributed by atoms with Crippen molar-refractivity contribution in [1.29, 1.82) is 0 Å². The molecule has 0 aliphatic carbocycles. The molecule has 2 aromatic heterocycles. The van der Waals surface area contributed by atoms with Crippen LogP contribution in [-0.2, 0) is 0 Å². The first-order valence-electron chi connectivity index (χ1n) is 7.32. The van der Waals surface area contributed by atoms with Gasteiger partial charge in [-0.25, -0.2) is 9.67 Å². The molecule has 4 rings (SSSR count). The summed E-state index contributed by atoms with van der Waals surface area (Å²) >= 11 is 0. The average molecular weight is 302 g/mol. The Morgan fingerprint density at radius 2 is 1.96 bits per heavy atom. The van der Waals surface area contributed by atoms with Gasteiger partial charge >= 0.3 is 0 Å². The molecule has 1 N–H and O–H groups in total. The van der Waals surface area contributed by atoms with Gasteiger partial charge in [0, 0.05) is 18.0 Å². The first-order valence-corrected chi connectivity index (χ1v) is 7.32. The van der Waals surface area contributed by atoms with Gasteiger partial charge in [0.2, 0.25) is 0 Å². The lowest BCUT2D eigenvalue weighted by Gasteiger charge is -2.09. The van der Waals surface area contributed by atoms with Crippen molar-refractivity contribution < 1.29 is 0 Å². The van der Waals surface area contributed by atoms with E-state index in [0.29, 0.717) is 16.7 Å². The number of nitrogens with zero attached hydrogens (tertiary/aromatic N) is 3. The van der Waals surface area contributed by atoms with Crippen molar-refractivity contribution in [2.24, 2.45) is 0 Å². The van der Waals surface area contributed by atoms with Gasteiger partial charge in [0.05, 0.1) is 16.6 Å². The molecule has 5 nitrogen and oxygen atoms in total. The molecule has 2 aromatic carbocycles. The van der Waals surface area contributed by atoms with Crippen molar-refractivity contribution in [1.82, 2.24) is 19.7 Å². The number of H-pyrrole nitrogens is 1. The number of nitrogens with one attached hydrogen (secondary N) is 1. The van der Waals surface area contributed by atoms with Crippen LogP contribution in [0.1, 0.15) is 5.56 Å². The minimum absolute atomic E-state index is 0.124. The summed E-state index contributed by atoms with van der Waals surface area (Å²) in [4.78, 5) is 19.7. The van der Waals surface area contributed by atoms with E-state index >= 15 is 0 Å². The Hall–Kier alpha value is -3.21. The molecule has 0 aliphatic heterocycles. The number of aromatic nitrogens is 4. The zero-order valence-corrected chi connectivity index (χ0v) is 12.5. The van der Waals surface area contributed by atoms with E-state index < -0.39 is 0 Å². The largest absolute Gasteiger partial charge is 0.306 e. The highest BCUT2D eigenvalue weighted by Gasteiger charge is 2.09. The lowest BCUT2D eigenvalue weighted by Crippen LogP contribution is -2.10. The third-order valence-corrected chi connectivity index (χ3v) is 3.85. The Morgan fingerprint density at radius 1 is 1.09 bits per heavy atom. The van der Waals surface area contributed by atoms with Gasteiger partial charge in [-0.3, -0.25) is 4.79 Å². The van der Waals surface area contributed by atoms with Crippen molar-refractivity contribution in [2.45, 2.75) is 6.92 Å². The third-order valence-electron chi connectivity index (χ3n) is 3.85. The summed E-state index contributed by atoms with van der Waals surface area (Å²) in [6.07, 6.45) is 3.64. The number of para-hydroxylation sites is 1. The third kappa shape index (κ3) is 2.32. The first-order chi connectivity index (χ1) is 11.2. The topological polar surface area (TPSA) is 63.6 Å². The van der Waals surface area contributed by atoms with E-state index in [1.807, 2.05) is 55.6 Å². The molecule has 0 bridgehead atoms. The predicted molar refractivity (Wildman–Crippen MR) is 89.7 cm³/mol. The maximum atomic E-state index is 12.2. The molecule has 0 saturated heterocycles. The number of fused-ring (bicyclic) bond motifs is 1. The Bertz CT molecular complexity index is 1050.